The van der Waals surface area contributed by atoms with Gasteiger partial charge in [0.15, 0.2) is 0 Å². The molecule has 0 atom stereocenters. The van der Waals surface area contributed by atoms with Crippen LogP contribution in [0.2, 0.25) is 5.02 Å². The van der Waals surface area contributed by atoms with E-state index < -0.39 is 0 Å². The first-order valence-corrected chi connectivity index (χ1v) is 5.49. The van der Waals surface area contributed by atoms with Crippen molar-refractivity contribution in [2.24, 2.45) is 0 Å². The molecule has 0 fully saturated rings. The summed E-state index contributed by atoms with van der Waals surface area (Å²) < 4.78 is 0. The van der Waals surface area contributed by atoms with Gasteiger partial charge in [-0.15, -0.1) is 0 Å². The molecule has 0 bridgehead atoms. The Balaban J connectivity index is 2.32. The van der Waals surface area contributed by atoms with E-state index in [1.165, 1.54) is 0 Å². The number of hydrogen-bond donors (Lipinski definition) is 0. The predicted octanol–water partition coefficient (Wildman–Crippen LogP) is 4.30. The summed E-state index contributed by atoms with van der Waals surface area (Å²) in [6.45, 7) is 2.04. The molecular weight excluding hydrogens is 218 g/mol. The topological polar surface area (TPSA) is 12.9 Å². The maximum absolute atomic E-state index is 5.93. The molecule has 0 aliphatic heterocycles. The van der Waals surface area contributed by atoms with Crippen LogP contribution in [-0.4, -0.2) is 4.98 Å². The van der Waals surface area contributed by atoms with Gasteiger partial charge in [0.2, 0.25) is 0 Å². The van der Waals surface area contributed by atoms with Gasteiger partial charge in [-0.2, -0.15) is 0 Å². The first kappa shape index (κ1) is 10.9. The molecule has 0 unspecified atom stereocenters. The average Bonchev–Trinajstić information content (AvgIpc) is 2.30. The lowest BCUT2D eigenvalue weighted by molar-refractivity contribution is 1.27. The number of hydrogen-bond acceptors (Lipinski definition) is 1. The van der Waals surface area contributed by atoms with Gasteiger partial charge >= 0.3 is 0 Å². The molecule has 0 aliphatic carbocycles. The van der Waals surface area contributed by atoms with Crippen molar-refractivity contribution in [3.8, 4) is 0 Å². The van der Waals surface area contributed by atoms with Crippen LogP contribution in [0.15, 0.2) is 48.7 Å². The molecule has 1 aromatic carbocycles. The second kappa shape index (κ2) is 4.95. The summed E-state index contributed by atoms with van der Waals surface area (Å²) in [5.74, 6) is 0. The van der Waals surface area contributed by atoms with Crippen LogP contribution in [0.4, 0.5) is 0 Å². The lowest BCUT2D eigenvalue weighted by Crippen LogP contribution is -1.83. The van der Waals surface area contributed by atoms with Crippen molar-refractivity contribution >= 4 is 23.3 Å². The number of halogens is 1. The van der Waals surface area contributed by atoms with Gasteiger partial charge in [0.05, 0.1) is 5.69 Å². The number of aromatic nitrogens is 1. The Morgan fingerprint density at radius 2 is 2.06 bits per heavy atom. The Kier molecular flexibility index (Phi) is 3.37. The molecule has 0 N–H and O–H groups in total. The maximum Gasteiger partial charge on any atom is 0.0658 e. The highest BCUT2D eigenvalue weighted by Gasteiger charge is 1.96. The Morgan fingerprint density at radius 1 is 1.19 bits per heavy atom. The Labute approximate surface area is 100 Å². The molecule has 1 heterocycles. The Bertz CT molecular complexity index is 503. The van der Waals surface area contributed by atoms with Crippen LogP contribution < -0.4 is 0 Å². The summed E-state index contributed by atoms with van der Waals surface area (Å²) in [5, 5.41) is 0.752. The van der Waals surface area contributed by atoms with Crippen LogP contribution in [0, 0.1) is 0 Å². The molecule has 0 radical (unpaired) electrons. The maximum atomic E-state index is 5.93. The van der Waals surface area contributed by atoms with Crippen molar-refractivity contribution in [2.45, 2.75) is 6.92 Å². The fourth-order valence-corrected chi connectivity index (χ4v) is 1.72. The molecule has 0 amide bonds. The van der Waals surface area contributed by atoms with E-state index in [1.807, 2.05) is 49.4 Å². The second-order valence-corrected chi connectivity index (χ2v) is 4.03. The standard InChI is InChI=1S/C14H12ClN/c1-11(14-7-2-3-8-16-14)9-12-5-4-6-13(15)10-12/h2-10H,1H3. The molecule has 16 heavy (non-hydrogen) atoms. The van der Waals surface area contributed by atoms with E-state index >= 15 is 0 Å². The highest BCUT2D eigenvalue weighted by molar-refractivity contribution is 6.30. The highest BCUT2D eigenvalue weighted by atomic mass is 35.5. The van der Waals surface area contributed by atoms with Crippen molar-refractivity contribution in [1.82, 2.24) is 4.98 Å². The molecule has 80 valence electrons. The van der Waals surface area contributed by atoms with Gasteiger partial charge in [0.1, 0.15) is 0 Å². The number of allylic oxidation sites excluding steroid dienone is 1. The third kappa shape index (κ3) is 2.71. The largest absolute Gasteiger partial charge is 0.257 e. The molecule has 0 aliphatic rings. The number of pyridine rings is 1. The Hall–Kier alpha value is -1.60. The first-order chi connectivity index (χ1) is 7.75. The fourth-order valence-electron chi connectivity index (χ4n) is 1.52. The summed E-state index contributed by atoms with van der Waals surface area (Å²) >= 11 is 5.93. The van der Waals surface area contributed by atoms with Crippen molar-refractivity contribution in [3.63, 3.8) is 0 Å². The number of benzene rings is 1. The highest BCUT2D eigenvalue weighted by Crippen LogP contribution is 2.17. The normalized spacial score (nSPS) is 11.5. The Morgan fingerprint density at radius 3 is 2.75 bits per heavy atom. The van der Waals surface area contributed by atoms with E-state index in [9.17, 15) is 0 Å². The van der Waals surface area contributed by atoms with E-state index in [2.05, 4.69) is 11.1 Å². The summed E-state index contributed by atoms with van der Waals surface area (Å²) in [4.78, 5) is 4.30. The van der Waals surface area contributed by atoms with Crippen molar-refractivity contribution < 1.29 is 0 Å². The van der Waals surface area contributed by atoms with Crippen LogP contribution in [-0.2, 0) is 0 Å². The smallest absolute Gasteiger partial charge is 0.0658 e. The minimum atomic E-state index is 0.752. The number of rotatable bonds is 2. The zero-order valence-corrected chi connectivity index (χ0v) is 9.78. The number of nitrogens with zero attached hydrogens (tertiary/aromatic N) is 1. The van der Waals surface area contributed by atoms with Crippen molar-refractivity contribution in [3.05, 3.63) is 64.9 Å². The lowest BCUT2D eigenvalue weighted by Gasteiger charge is -2.00. The van der Waals surface area contributed by atoms with Gasteiger partial charge in [0.25, 0.3) is 0 Å². The molecule has 0 saturated carbocycles. The van der Waals surface area contributed by atoms with Gasteiger partial charge in [-0.05, 0) is 48.4 Å². The first-order valence-electron chi connectivity index (χ1n) is 5.11. The summed E-state index contributed by atoms with van der Waals surface area (Å²) in [7, 11) is 0. The van der Waals surface area contributed by atoms with Gasteiger partial charge in [0, 0.05) is 11.2 Å². The van der Waals surface area contributed by atoms with E-state index in [0.29, 0.717) is 0 Å². The van der Waals surface area contributed by atoms with Gasteiger partial charge in [-0.1, -0.05) is 29.8 Å². The minimum Gasteiger partial charge on any atom is -0.257 e. The zero-order valence-electron chi connectivity index (χ0n) is 9.02. The van der Waals surface area contributed by atoms with Crippen molar-refractivity contribution in [1.29, 1.82) is 0 Å². The molecule has 1 aromatic heterocycles. The SMILES string of the molecule is CC(=Cc1cccc(Cl)c1)c1ccccn1. The molecule has 2 aromatic rings. The van der Waals surface area contributed by atoms with E-state index in [0.717, 1.165) is 21.9 Å². The van der Waals surface area contributed by atoms with Gasteiger partial charge < -0.3 is 0 Å². The summed E-state index contributed by atoms with van der Waals surface area (Å²) in [6, 6.07) is 13.7. The molecule has 1 nitrogen and oxygen atoms in total. The minimum absolute atomic E-state index is 0.752. The molecule has 0 saturated heterocycles. The monoisotopic (exact) mass is 229 g/mol. The van der Waals surface area contributed by atoms with Crippen LogP contribution in [0.1, 0.15) is 18.2 Å². The van der Waals surface area contributed by atoms with Crippen LogP contribution in [0.3, 0.4) is 0 Å². The summed E-state index contributed by atoms with van der Waals surface area (Å²) in [6.07, 6.45) is 3.87. The fraction of sp³-hybridized carbons (Fsp3) is 0.0714. The summed E-state index contributed by atoms with van der Waals surface area (Å²) in [5.41, 5.74) is 3.21. The predicted molar refractivity (Wildman–Crippen MR) is 69.2 cm³/mol. The third-order valence-corrected chi connectivity index (χ3v) is 2.54. The molecule has 2 rings (SSSR count). The van der Waals surface area contributed by atoms with E-state index in [1.54, 1.807) is 6.20 Å². The van der Waals surface area contributed by atoms with E-state index in [4.69, 9.17) is 11.6 Å². The third-order valence-electron chi connectivity index (χ3n) is 2.30. The zero-order chi connectivity index (χ0) is 11.4. The van der Waals surface area contributed by atoms with Crippen molar-refractivity contribution in [2.75, 3.05) is 0 Å². The van der Waals surface area contributed by atoms with Crippen LogP contribution >= 0.6 is 11.6 Å². The quantitative estimate of drug-likeness (QED) is 0.749. The average molecular weight is 230 g/mol. The second-order valence-electron chi connectivity index (χ2n) is 3.60. The lowest BCUT2D eigenvalue weighted by atomic mass is 10.1. The van der Waals surface area contributed by atoms with Crippen LogP contribution in [0.25, 0.3) is 11.6 Å². The molecule has 0 spiro atoms. The van der Waals surface area contributed by atoms with E-state index in [-0.39, 0.29) is 0 Å². The molecular formula is C14H12ClN. The van der Waals surface area contributed by atoms with Crippen LogP contribution in [0.5, 0.6) is 0 Å². The van der Waals surface area contributed by atoms with Gasteiger partial charge in [-0.25, -0.2) is 0 Å². The molecule has 2 heteroatoms. The van der Waals surface area contributed by atoms with Gasteiger partial charge in [-0.3, -0.25) is 4.98 Å².